The number of halogens is 1. The molecular weight excluding hydrogens is 253 g/mol. The largest absolute Gasteiger partial charge is 0.336 e. The van der Waals surface area contributed by atoms with E-state index in [1.54, 1.807) is 12.1 Å². The molecule has 1 heterocycles. The van der Waals surface area contributed by atoms with E-state index in [0.29, 0.717) is 11.3 Å². The standard InChI is InChI=1S/C17H16FNO/c1-11-9-14-5-3-4-6-16(14)19(11)17-8-7-13(12(2)20)10-15(17)18/h3-8,10-11H,9H2,1-2H3. The molecule has 2 nitrogen and oxygen atoms in total. The maximum Gasteiger partial charge on any atom is 0.159 e. The summed E-state index contributed by atoms with van der Waals surface area (Å²) in [6.07, 6.45) is 0.907. The van der Waals surface area contributed by atoms with Crippen molar-refractivity contribution >= 4 is 17.2 Å². The van der Waals surface area contributed by atoms with Crippen molar-refractivity contribution in [3.05, 3.63) is 59.4 Å². The fourth-order valence-electron chi connectivity index (χ4n) is 2.85. The highest BCUT2D eigenvalue weighted by Crippen LogP contribution is 2.39. The van der Waals surface area contributed by atoms with Crippen molar-refractivity contribution in [1.82, 2.24) is 0 Å². The first-order chi connectivity index (χ1) is 9.58. The Morgan fingerprint density at radius 3 is 2.65 bits per heavy atom. The van der Waals surface area contributed by atoms with Gasteiger partial charge in [-0.3, -0.25) is 4.79 Å². The van der Waals surface area contributed by atoms with Crippen LogP contribution in [-0.2, 0) is 6.42 Å². The average Bonchev–Trinajstić information content (AvgIpc) is 2.74. The smallest absolute Gasteiger partial charge is 0.159 e. The summed E-state index contributed by atoms with van der Waals surface area (Å²) in [5.41, 5.74) is 3.23. The van der Waals surface area contributed by atoms with Crippen LogP contribution in [0.1, 0.15) is 29.8 Å². The van der Waals surface area contributed by atoms with Crippen LogP contribution in [-0.4, -0.2) is 11.8 Å². The predicted octanol–water partition coefficient (Wildman–Crippen LogP) is 4.11. The van der Waals surface area contributed by atoms with Crippen LogP contribution in [0.5, 0.6) is 0 Å². The minimum atomic E-state index is -0.346. The van der Waals surface area contributed by atoms with Gasteiger partial charge in [0.05, 0.1) is 5.69 Å². The summed E-state index contributed by atoms with van der Waals surface area (Å²) in [4.78, 5) is 13.3. The lowest BCUT2D eigenvalue weighted by Crippen LogP contribution is -2.24. The molecule has 0 bridgehead atoms. The van der Waals surface area contributed by atoms with Crippen LogP contribution < -0.4 is 4.90 Å². The number of carbonyl (C=O) groups excluding carboxylic acids is 1. The Balaban J connectivity index is 2.07. The van der Waals surface area contributed by atoms with Crippen molar-refractivity contribution in [2.45, 2.75) is 26.3 Å². The van der Waals surface area contributed by atoms with E-state index in [1.165, 1.54) is 18.6 Å². The maximum absolute atomic E-state index is 14.3. The van der Waals surface area contributed by atoms with Gasteiger partial charge in [-0.15, -0.1) is 0 Å². The molecule has 20 heavy (non-hydrogen) atoms. The Labute approximate surface area is 117 Å². The molecule has 0 saturated carbocycles. The van der Waals surface area contributed by atoms with Gasteiger partial charge in [0, 0.05) is 17.3 Å². The first kappa shape index (κ1) is 12.9. The zero-order chi connectivity index (χ0) is 14.3. The second kappa shape index (κ2) is 4.75. The lowest BCUT2D eigenvalue weighted by molar-refractivity contribution is 0.101. The minimum Gasteiger partial charge on any atom is -0.336 e. The monoisotopic (exact) mass is 269 g/mol. The van der Waals surface area contributed by atoms with Gasteiger partial charge in [-0.1, -0.05) is 18.2 Å². The van der Waals surface area contributed by atoms with Crippen LogP contribution in [0.4, 0.5) is 15.8 Å². The number of Topliss-reactive ketones (excluding diaryl/α,β-unsaturated/α-hetero) is 1. The molecule has 0 aliphatic carbocycles. The van der Waals surface area contributed by atoms with Crippen molar-refractivity contribution in [2.24, 2.45) is 0 Å². The Hall–Kier alpha value is -2.16. The summed E-state index contributed by atoms with van der Waals surface area (Å²) in [7, 11) is 0. The molecule has 1 unspecified atom stereocenters. The third-order valence-electron chi connectivity index (χ3n) is 3.82. The predicted molar refractivity (Wildman–Crippen MR) is 78.2 cm³/mol. The van der Waals surface area contributed by atoms with E-state index in [0.717, 1.165) is 12.1 Å². The van der Waals surface area contributed by atoms with E-state index in [-0.39, 0.29) is 17.6 Å². The highest BCUT2D eigenvalue weighted by Gasteiger charge is 2.28. The van der Waals surface area contributed by atoms with Gasteiger partial charge in [-0.25, -0.2) is 4.39 Å². The Morgan fingerprint density at radius 1 is 1.20 bits per heavy atom. The molecule has 2 aromatic carbocycles. The summed E-state index contributed by atoms with van der Waals surface area (Å²) in [6, 6.07) is 13.0. The van der Waals surface area contributed by atoms with Crippen LogP contribution >= 0.6 is 0 Å². The van der Waals surface area contributed by atoms with Gasteiger partial charge in [-0.05, 0) is 50.1 Å². The summed E-state index contributed by atoms with van der Waals surface area (Å²) in [5, 5.41) is 0. The number of hydrogen-bond acceptors (Lipinski definition) is 2. The summed E-state index contributed by atoms with van der Waals surface area (Å²) < 4.78 is 14.3. The number of ketones is 1. The van der Waals surface area contributed by atoms with Crippen LogP contribution in [0.2, 0.25) is 0 Å². The third-order valence-corrected chi connectivity index (χ3v) is 3.82. The van der Waals surface area contributed by atoms with Crippen molar-refractivity contribution < 1.29 is 9.18 Å². The molecule has 0 N–H and O–H groups in total. The van der Waals surface area contributed by atoms with Gasteiger partial charge in [0.25, 0.3) is 0 Å². The van der Waals surface area contributed by atoms with Crippen molar-refractivity contribution in [3.63, 3.8) is 0 Å². The zero-order valence-electron chi connectivity index (χ0n) is 11.6. The van der Waals surface area contributed by atoms with Gasteiger partial charge in [0.2, 0.25) is 0 Å². The van der Waals surface area contributed by atoms with E-state index in [2.05, 4.69) is 13.0 Å². The van der Waals surface area contributed by atoms with Crippen molar-refractivity contribution in [1.29, 1.82) is 0 Å². The molecule has 1 atom stereocenters. The Kier molecular flexibility index (Phi) is 3.05. The number of hydrogen-bond donors (Lipinski definition) is 0. The number of fused-ring (bicyclic) bond motifs is 1. The van der Waals surface area contributed by atoms with Crippen molar-refractivity contribution in [2.75, 3.05) is 4.90 Å². The molecule has 3 heteroatoms. The normalized spacial score (nSPS) is 17.1. The first-order valence-electron chi connectivity index (χ1n) is 6.75. The molecule has 1 aliphatic rings. The second-order valence-electron chi connectivity index (χ2n) is 5.27. The van der Waals surface area contributed by atoms with Gasteiger partial charge >= 0.3 is 0 Å². The molecule has 102 valence electrons. The highest BCUT2D eigenvalue weighted by atomic mass is 19.1. The topological polar surface area (TPSA) is 20.3 Å². The van der Waals surface area contributed by atoms with E-state index >= 15 is 0 Å². The van der Waals surface area contributed by atoms with Gasteiger partial charge in [0.1, 0.15) is 5.82 Å². The third kappa shape index (κ3) is 1.99. The fourth-order valence-corrected chi connectivity index (χ4v) is 2.85. The molecule has 2 aromatic rings. The van der Waals surface area contributed by atoms with Gasteiger partial charge in [0.15, 0.2) is 5.78 Å². The molecular formula is C17H16FNO. The van der Waals surface area contributed by atoms with E-state index in [4.69, 9.17) is 0 Å². The highest BCUT2D eigenvalue weighted by molar-refractivity contribution is 5.94. The number of rotatable bonds is 2. The molecule has 0 aromatic heterocycles. The molecule has 0 fully saturated rings. The molecule has 0 spiro atoms. The summed E-state index contributed by atoms with van der Waals surface area (Å²) >= 11 is 0. The molecule has 3 rings (SSSR count). The zero-order valence-corrected chi connectivity index (χ0v) is 11.6. The van der Waals surface area contributed by atoms with E-state index in [1.807, 2.05) is 23.1 Å². The van der Waals surface area contributed by atoms with E-state index in [9.17, 15) is 9.18 Å². The number of anilines is 2. The second-order valence-corrected chi connectivity index (χ2v) is 5.27. The average molecular weight is 269 g/mol. The van der Waals surface area contributed by atoms with Crippen LogP contribution in [0, 0.1) is 5.82 Å². The summed E-state index contributed by atoms with van der Waals surface area (Å²) in [6.45, 7) is 3.53. The first-order valence-corrected chi connectivity index (χ1v) is 6.75. The minimum absolute atomic E-state index is 0.120. The SMILES string of the molecule is CC(=O)c1ccc(N2c3ccccc3CC2C)c(F)c1. The van der Waals surface area contributed by atoms with Crippen molar-refractivity contribution in [3.8, 4) is 0 Å². The number of nitrogens with zero attached hydrogens (tertiary/aromatic N) is 1. The number of benzene rings is 2. The molecule has 1 aliphatic heterocycles. The lowest BCUT2D eigenvalue weighted by atomic mass is 10.1. The van der Waals surface area contributed by atoms with Crippen LogP contribution in [0.3, 0.4) is 0 Å². The van der Waals surface area contributed by atoms with Crippen LogP contribution in [0.25, 0.3) is 0 Å². The fraction of sp³-hybridized carbons (Fsp3) is 0.235. The van der Waals surface area contributed by atoms with Gasteiger partial charge in [-0.2, -0.15) is 0 Å². The molecule has 0 amide bonds. The van der Waals surface area contributed by atoms with Gasteiger partial charge < -0.3 is 4.90 Å². The number of para-hydroxylation sites is 1. The van der Waals surface area contributed by atoms with E-state index < -0.39 is 0 Å². The molecule has 0 saturated heterocycles. The Morgan fingerprint density at radius 2 is 1.95 bits per heavy atom. The maximum atomic E-state index is 14.3. The summed E-state index contributed by atoms with van der Waals surface area (Å²) in [5.74, 6) is -0.466. The van der Waals surface area contributed by atoms with Crippen LogP contribution in [0.15, 0.2) is 42.5 Å². The molecule has 0 radical (unpaired) electrons. The Bertz CT molecular complexity index is 680. The lowest BCUT2D eigenvalue weighted by Gasteiger charge is -2.25. The quantitative estimate of drug-likeness (QED) is 0.765. The number of carbonyl (C=O) groups is 1.